The van der Waals surface area contributed by atoms with E-state index in [-0.39, 0.29) is 38.6 Å². The number of nitrogens with one attached hydrogen (secondary N) is 1. The predicted molar refractivity (Wildman–Crippen MR) is 115 cm³/mol. The Labute approximate surface area is 182 Å². The van der Waals surface area contributed by atoms with E-state index in [1.165, 1.54) is 10.4 Å². The lowest BCUT2D eigenvalue weighted by Gasteiger charge is -2.26. The summed E-state index contributed by atoms with van der Waals surface area (Å²) in [6.07, 6.45) is 0. The second-order valence-corrected chi connectivity index (χ2v) is 9.58. The lowest BCUT2D eigenvalue weighted by atomic mass is 10.0. The van der Waals surface area contributed by atoms with Crippen molar-refractivity contribution in [3.63, 3.8) is 0 Å². The molecule has 0 aromatic heterocycles. The average Bonchev–Trinajstić information content (AvgIpc) is 2.75. The van der Waals surface area contributed by atoms with Crippen LogP contribution in [-0.2, 0) is 19.6 Å². The first-order valence-corrected chi connectivity index (χ1v) is 11.5. The molecule has 1 saturated heterocycles. The molecule has 0 saturated carbocycles. The topological polar surface area (TPSA) is 84.9 Å². The maximum absolute atomic E-state index is 14.3. The van der Waals surface area contributed by atoms with E-state index in [4.69, 9.17) is 9.47 Å². The number of benzene rings is 2. The molecule has 0 spiro atoms. The fourth-order valence-corrected chi connectivity index (χ4v) is 4.67. The Bertz CT molecular complexity index is 1050. The second-order valence-electron chi connectivity index (χ2n) is 7.68. The highest BCUT2D eigenvalue weighted by molar-refractivity contribution is 7.89. The highest BCUT2D eigenvalue weighted by Crippen LogP contribution is 2.25. The molecule has 1 amide bonds. The van der Waals surface area contributed by atoms with E-state index in [0.717, 1.165) is 23.3 Å². The van der Waals surface area contributed by atoms with Gasteiger partial charge in [-0.15, -0.1) is 0 Å². The number of sulfonamides is 1. The van der Waals surface area contributed by atoms with Crippen LogP contribution in [0.3, 0.4) is 0 Å². The summed E-state index contributed by atoms with van der Waals surface area (Å²) in [6, 6.07) is 9.32. The number of halogens is 1. The van der Waals surface area contributed by atoms with Crippen LogP contribution in [0, 0.1) is 12.7 Å². The van der Waals surface area contributed by atoms with Gasteiger partial charge in [-0.2, -0.15) is 4.31 Å². The summed E-state index contributed by atoms with van der Waals surface area (Å²) in [5.41, 5.74) is 2.17. The van der Waals surface area contributed by atoms with Crippen molar-refractivity contribution in [3.05, 3.63) is 53.3 Å². The van der Waals surface area contributed by atoms with Gasteiger partial charge in [-0.1, -0.05) is 26.0 Å². The van der Waals surface area contributed by atoms with Crippen LogP contribution in [0.15, 0.2) is 41.3 Å². The summed E-state index contributed by atoms with van der Waals surface area (Å²) in [6.45, 7) is 6.59. The normalized spacial score (nSPS) is 15.1. The Morgan fingerprint density at radius 1 is 1.19 bits per heavy atom. The summed E-state index contributed by atoms with van der Waals surface area (Å²) < 4.78 is 51.8. The second kappa shape index (κ2) is 9.76. The Hall–Kier alpha value is -2.49. The van der Waals surface area contributed by atoms with Crippen LogP contribution >= 0.6 is 0 Å². The molecule has 168 valence electrons. The highest BCUT2D eigenvalue weighted by atomic mass is 32.2. The fourth-order valence-electron chi connectivity index (χ4n) is 3.18. The SMILES string of the molecule is Cc1ccc(C(C)C)cc1OCC(=O)Nc1ccc(F)c(S(=O)(=O)N2CCOCC2)c1. The van der Waals surface area contributed by atoms with Crippen molar-refractivity contribution in [3.8, 4) is 5.75 Å². The number of hydrogen-bond donors (Lipinski definition) is 1. The summed E-state index contributed by atoms with van der Waals surface area (Å²) in [5, 5.41) is 2.57. The van der Waals surface area contributed by atoms with Crippen molar-refractivity contribution < 1.29 is 27.1 Å². The van der Waals surface area contributed by atoms with Gasteiger partial charge in [0.05, 0.1) is 13.2 Å². The molecule has 1 aliphatic rings. The van der Waals surface area contributed by atoms with Crippen molar-refractivity contribution in [1.82, 2.24) is 4.31 Å². The summed E-state index contributed by atoms with van der Waals surface area (Å²) >= 11 is 0. The lowest BCUT2D eigenvalue weighted by molar-refractivity contribution is -0.118. The van der Waals surface area contributed by atoms with Crippen LogP contribution in [0.5, 0.6) is 5.75 Å². The molecular formula is C22H27FN2O5S. The van der Waals surface area contributed by atoms with Crippen molar-refractivity contribution in [2.75, 3.05) is 38.2 Å². The van der Waals surface area contributed by atoms with Gasteiger partial charge in [-0.3, -0.25) is 4.79 Å². The van der Waals surface area contributed by atoms with Gasteiger partial charge in [0, 0.05) is 18.8 Å². The van der Waals surface area contributed by atoms with E-state index >= 15 is 0 Å². The molecule has 0 unspecified atom stereocenters. The predicted octanol–water partition coefficient (Wildman–Crippen LogP) is 3.30. The summed E-state index contributed by atoms with van der Waals surface area (Å²) in [5.74, 6) is -0.420. The molecule has 3 rings (SSSR count). The zero-order chi connectivity index (χ0) is 22.6. The molecule has 1 aliphatic heterocycles. The number of anilines is 1. The number of carbonyl (C=O) groups excluding carboxylic acids is 1. The fraction of sp³-hybridized carbons (Fsp3) is 0.409. The Kier molecular flexibility index (Phi) is 7.30. The van der Waals surface area contributed by atoms with Crippen LogP contribution in [0.25, 0.3) is 0 Å². The number of aryl methyl sites for hydroxylation is 1. The van der Waals surface area contributed by atoms with Gasteiger partial charge in [0.1, 0.15) is 16.5 Å². The molecule has 0 aliphatic carbocycles. The minimum Gasteiger partial charge on any atom is -0.483 e. The first-order valence-electron chi connectivity index (χ1n) is 10.1. The average molecular weight is 451 g/mol. The number of morpholine rings is 1. The van der Waals surface area contributed by atoms with Crippen molar-refractivity contribution in [1.29, 1.82) is 0 Å². The zero-order valence-electron chi connectivity index (χ0n) is 17.9. The number of carbonyl (C=O) groups is 1. The van der Waals surface area contributed by atoms with E-state index in [1.54, 1.807) is 0 Å². The maximum atomic E-state index is 14.3. The Balaban J connectivity index is 1.70. The molecule has 31 heavy (non-hydrogen) atoms. The van der Waals surface area contributed by atoms with Crippen LogP contribution in [0.1, 0.15) is 30.9 Å². The molecule has 2 aromatic rings. The number of amides is 1. The minimum absolute atomic E-state index is 0.154. The van der Waals surface area contributed by atoms with Gasteiger partial charge < -0.3 is 14.8 Å². The number of hydrogen-bond acceptors (Lipinski definition) is 5. The van der Waals surface area contributed by atoms with E-state index in [1.807, 2.05) is 25.1 Å². The molecule has 2 aromatic carbocycles. The first-order chi connectivity index (χ1) is 14.7. The van der Waals surface area contributed by atoms with E-state index in [9.17, 15) is 17.6 Å². The monoisotopic (exact) mass is 450 g/mol. The molecule has 7 nitrogen and oxygen atoms in total. The van der Waals surface area contributed by atoms with Gasteiger partial charge in [0.2, 0.25) is 10.0 Å². The number of ether oxygens (including phenoxy) is 2. The van der Waals surface area contributed by atoms with Gasteiger partial charge in [0.15, 0.2) is 6.61 Å². The number of rotatable bonds is 7. The quantitative estimate of drug-likeness (QED) is 0.700. The summed E-state index contributed by atoms with van der Waals surface area (Å²) in [4.78, 5) is 11.9. The third-order valence-corrected chi connectivity index (χ3v) is 6.95. The van der Waals surface area contributed by atoms with Gasteiger partial charge >= 0.3 is 0 Å². The van der Waals surface area contributed by atoms with Gasteiger partial charge in [0.25, 0.3) is 5.91 Å². The molecule has 9 heteroatoms. The minimum atomic E-state index is -4.03. The van der Waals surface area contributed by atoms with E-state index in [2.05, 4.69) is 19.2 Å². The lowest BCUT2D eigenvalue weighted by Crippen LogP contribution is -2.40. The van der Waals surface area contributed by atoms with Gasteiger partial charge in [-0.25, -0.2) is 12.8 Å². The van der Waals surface area contributed by atoms with E-state index < -0.39 is 26.6 Å². The zero-order valence-corrected chi connectivity index (χ0v) is 18.7. The van der Waals surface area contributed by atoms with Crippen molar-refractivity contribution >= 4 is 21.6 Å². The third kappa shape index (κ3) is 5.61. The largest absolute Gasteiger partial charge is 0.483 e. The molecule has 0 bridgehead atoms. The molecule has 0 atom stereocenters. The highest BCUT2D eigenvalue weighted by Gasteiger charge is 2.29. The van der Waals surface area contributed by atoms with Crippen molar-refractivity contribution in [2.45, 2.75) is 31.6 Å². The van der Waals surface area contributed by atoms with E-state index in [0.29, 0.717) is 11.7 Å². The maximum Gasteiger partial charge on any atom is 0.262 e. The Morgan fingerprint density at radius 2 is 1.90 bits per heavy atom. The van der Waals surface area contributed by atoms with Crippen molar-refractivity contribution in [2.24, 2.45) is 0 Å². The standard InChI is InChI=1S/C22H27FN2O5S/c1-15(2)17-5-4-16(3)20(12-17)30-14-22(26)24-18-6-7-19(23)21(13-18)31(27,28)25-8-10-29-11-9-25/h4-7,12-13,15H,8-11,14H2,1-3H3,(H,24,26). The third-order valence-electron chi connectivity index (χ3n) is 5.04. The summed E-state index contributed by atoms with van der Waals surface area (Å²) in [7, 11) is -4.03. The van der Waals surface area contributed by atoms with Gasteiger partial charge in [-0.05, 0) is 48.2 Å². The molecular weight excluding hydrogens is 423 g/mol. The molecule has 1 N–H and O–H groups in total. The number of nitrogens with zero attached hydrogens (tertiary/aromatic N) is 1. The van der Waals surface area contributed by atoms with Crippen LogP contribution in [0.2, 0.25) is 0 Å². The molecule has 1 heterocycles. The Morgan fingerprint density at radius 3 is 2.58 bits per heavy atom. The molecule has 1 fully saturated rings. The molecule has 0 radical (unpaired) electrons. The smallest absolute Gasteiger partial charge is 0.262 e. The van der Waals surface area contributed by atoms with Crippen LogP contribution in [-0.4, -0.2) is 51.5 Å². The van der Waals surface area contributed by atoms with Crippen LogP contribution < -0.4 is 10.1 Å². The van der Waals surface area contributed by atoms with Crippen LogP contribution in [0.4, 0.5) is 10.1 Å². The first kappa shape index (κ1) is 23.2.